The van der Waals surface area contributed by atoms with E-state index in [1.54, 1.807) is 18.2 Å². The van der Waals surface area contributed by atoms with Gasteiger partial charge in [0.2, 0.25) is 15.9 Å². The smallest absolute Gasteiger partial charge is 0.224 e. The molecule has 1 aliphatic rings. The molecule has 2 aromatic rings. The Morgan fingerprint density at radius 2 is 1.90 bits per heavy atom. The van der Waals surface area contributed by atoms with Gasteiger partial charge < -0.3 is 10.1 Å². The van der Waals surface area contributed by atoms with Crippen LogP contribution in [0, 0.1) is 5.92 Å². The highest BCUT2D eigenvalue weighted by atomic mass is 35.5. The predicted octanol–water partition coefficient (Wildman–Crippen LogP) is 4.25. The van der Waals surface area contributed by atoms with Crippen LogP contribution in [0.15, 0.2) is 42.5 Å². The van der Waals surface area contributed by atoms with Gasteiger partial charge in [0, 0.05) is 35.2 Å². The highest BCUT2D eigenvalue weighted by Gasteiger charge is 2.33. The van der Waals surface area contributed by atoms with Gasteiger partial charge >= 0.3 is 0 Å². The average molecular weight is 485 g/mol. The Morgan fingerprint density at radius 1 is 1.19 bits per heavy atom. The van der Waals surface area contributed by atoms with Crippen LogP contribution >= 0.6 is 23.2 Å². The Labute approximate surface area is 193 Å². The molecule has 1 N–H and O–H groups in total. The van der Waals surface area contributed by atoms with Gasteiger partial charge in [-0.05, 0) is 49.6 Å². The second-order valence-corrected chi connectivity index (χ2v) is 10.2. The second kappa shape index (κ2) is 10.7. The summed E-state index contributed by atoms with van der Waals surface area (Å²) in [4.78, 5) is 12.7. The first-order valence-electron chi connectivity index (χ1n) is 10.2. The molecule has 1 saturated heterocycles. The highest BCUT2D eigenvalue weighted by Crippen LogP contribution is 2.29. The van der Waals surface area contributed by atoms with Crippen LogP contribution in [0.2, 0.25) is 10.0 Å². The number of benzene rings is 2. The number of amides is 1. The maximum atomic E-state index is 13.0. The minimum atomic E-state index is -3.66. The largest absolute Gasteiger partial charge is 0.494 e. The Morgan fingerprint density at radius 3 is 2.61 bits per heavy atom. The summed E-state index contributed by atoms with van der Waals surface area (Å²) in [5.41, 5.74) is 1.31. The Kier molecular flexibility index (Phi) is 8.22. The van der Waals surface area contributed by atoms with Crippen LogP contribution < -0.4 is 10.1 Å². The molecule has 9 heteroatoms. The number of sulfonamides is 1. The van der Waals surface area contributed by atoms with Gasteiger partial charge in [-0.25, -0.2) is 12.7 Å². The molecule has 168 valence electrons. The lowest BCUT2D eigenvalue weighted by molar-refractivity contribution is -0.126. The summed E-state index contributed by atoms with van der Waals surface area (Å²) in [6.07, 6.45) is 1.26. The molecule has 1 aliphatic heterocycles. The Balaban J connectivity index is 1.61. The number of nitrogens with one attached hydrogen (secondary N) is 1. The molecule has 0 unspecified atom stereocenters. The van der Waals surface area contributed by atoms with Crippen molar-refractivity contribution in [1.29, 1.82) is 0 Å². The third-order valence-corrected chi connectivity index (χ3v) is 7.69. The van der Waals surface area contributed by atoms with E-state index in [1.807, 2.05) is 31.2 Å². The summed E-state index contributed by atoms with van der Waals surface area (Å²) in [5, 5.41) is 3.55. The summed E-state index contributed by atoms with van der Waals surface area (Å²) >= 11 is 12.3. The SMILES string of the molecule is CCOc1cccc(CNC(=O)[C@@H]2CCCN(S(=O)(=O)Cc3c(Cl)cccc3Cl)C2)c1. The van der Waals surface area contributed by atoms with Crippen molar-refractivity contribution >= 4 is 39.1 Å². The molecule has 0 aliphatic carbocycles. The minimum absolute atomic E-state index is 0.148. The van der Waals surface area contributed by atoms with Crippen molar-refractivity contribution in [3.8, 4) is 5.75 Å². The van der Waals surface area contributed by atoms with Crippen LogP contribution in [0.3, 0.4) is 0 Å². The van der Waals surface area contributed by atoms with E-state index >= 15 is 0 Å². The third-order valence-electron chi connectivity index (χ3n) is 5.21. The van der Waals surface area contributed by atoms with Gasteiger partial charge in [-0.2, -0.15) is 0 Å². The maximum Gasteiger partial charge on any atom is 0.224 e. The number of ether oxygens (including phenoxy) is 1. The summed E-state index contributed by atoms with van der Waals surface area (Å²) in [5.74, 6) is -0.0930. The molecule has 0 radical (unpaired) electrons. The standard InChI is InChI=1S/C22H26Cl2N2O4S/c1-2-30-18-8-3-6-16(12-18)13-25-22(27)17-7-5-11-26(14-17)31(28,29)15-19-20(23)9-4-10-21(19)24/h3-4,6,8-10,12,17H,2,5,7,11,13-15H2,1H3,(H,25,27)/t17-/m1/s1. The molecule has 1 heterocycles. The van der Waals surface area contributed by atoms with Crippen LogP contribution in [-0.4, -0.2) is 38.3 Å². The van der Waals surface area contributed by atoms with E-state index in [2.05, 4.69) is 5.32 Å². The first-order chi connectivity index (χ1) is 14.8. The fourth-order valence-corrected chi connectivity index (χ4v) is 5.96. The van der Waals surface area contributed by atoms with Crippen LogP contribution in [0.5, 0.6) is 5.75 Å². The number of rotatable bonds is 8. The second-order valence-electron chi connectivity index (χ2n) is 7.45. The summed E-state index contributed by atoms with van der Waals surface area (Å²) in [6.45, 7) is 3.37. The van der Waals surface area contributed by atoms with E-state index in [9.17, 15) is 13.2 Å². The van der Waals surface area contributed by atoms with Crippen molar-refractivity contribution in [3.05, 3.63) is 63.6 Å². The molecule has 1 fully saturated rings. The number of hydrogen-bond acceptors (Lipinski definition) is 4. The normalized spacial score (nSPS) is 17.3. The Bertz CT molecular complexity index is 1010. The van der Waals surface area contributed by atoms with Gasteiger partial charge in [0.15, 0.2) is 0 Å². The minimum Gasteiger partial charge on any atom is -0.494 e. The first-order valence-corrected chi connectivity index (χ1v) is 12.6. The van der Waals surface area contributed by atoms with Crippen molar-refractivity contribution in [2.75, 3.05) is 19.7 Å². The van der Waals surface area contributed by atoms with Crippen molar-refractivity contribution in [2.45, 2.75) is 32.1 Å². The molecular formula is C22H26Cl2N2O4S. The number of piperidine rings is 1. The number of carbonyl (C=O) groups excluding carboxylic acids is 1. The molecule has 31 heavy (non-hydrogen) atoms. The molecule has 0 saturated carbocycles. The lowest BCUT2D eigenvalue weighted by atomic mass is 9.99. The van der Waals surface area contributed by atoms with Crippen molar-refractivity contribution in [1.82, 2.24) is 9.62 Å². The Hall–Kier alpha value is -1.80. The highest BCUT2D eigenvalue weighted by molar-refractivity contribution is 7.88. The van der Waals surface area contributed by atoms with Crippen LogP contribution in [0.1, 0.15) is 30.9 Å². The van der Waals surface area contributed by atoms with E-state index in [-0.39, 0.29) is 18.2 Å². The number of hydrogen-bond donors (Lipinski definition) is 1. The molecule has 3 rings (SSSR count). The zero-order chi connectivity index (χ0) is 22.4. The number of nitrogens with zero attached hydrogens (tertiary/aromatic N) is 1. The lowest BCUT2D eigenvalue weighted by Crippen LogP contribution is -2.45. The third kappa shape index (κ3) is 6.35. The molecule has 0 aromatic heterocycles. The lowest BCUT2D eigenvalue weighted by Gasteiger charge is -2.31. The van der Waals surface area contributed by atoms with Gasteiger partial charge in [0.05, 0.1) is 18.3 Å². The first kappa shape index (κ1) is 23.9. The van der Waals surface area contributed by atoms with Gasteiger partial charge in [-0.15, -0.1) is 0 Å². The van der Waals surface area contributed by atoms with Crippen molar-refractivity contribution in [3.63, 3.8) is 0 Å². The molecule has 6 nitrogen and oxygen atoms in total. The summed E-state index contributed by atoms with van der Waals surface area (Å²) in [7, 11) is -3.66. The van der Waals surface area contributed by atoms with Crippen LogP contribution in [0.4, 0.5) is 0 Å². The van der Waals surface area contributed by atoms with E-state index in [0.717, 1.165) is 11.3 Å². The van der Waals surface area contributed by atoms with Crippen molar-refractivity contribution in [2.24, 2.45) is 5.92 Å². The average Bonchev–Trinajstić information content (AvgIpc) is 2.75. The molecule has 1 atom stereocenters. The summed E-state index contributed by atoms with van der Waals surface area (Å²) in [6, 6.07) is 12.4. The molecule has 2 aromatic carbocycles. The fourth-order valence-electron chi connectivity index (χ4n) is 3.60. The maximum absolute atomic E-state index is 13.0. The van der Waals surface area contributed by atoms with Crippen LogP contribution in [0.25, 0.3) is 0 Å². The van der Waals surface area contributed by atoms with Crippen molar-refractivity contribution < 1.29 is 17.9 Å². The molecule has 0 spiro atoms. The van der Waals surface area contributed by atoms with E-state index in [1.165, 1.54) is 4.31 Å². The van der Waals surface area contributed by atoms with Gasteiger partial charge in [-0.1, -0.05) is 41.4 Å². The zero-order valence-electron chi connectivity index (χ0n) is 17.3. The molecular weight excluding hydrogens is 459 g/mol. The van der Waals surface area contributed by atoms with E-state index in [0.29, 0.717) is 48.1 Å². The van der Waals surface area contributed by atoms with Gasteiger partial charge in [0.1, 0.15) is 5.75 Å². The van der Waals surface area contributed by atoms with E-state index < -0.39 is 15.9 Å². The number of carbonyl (C=O) groups is 1. The quantitative estimate of drug-likeness (QED) is 0.607. The van der Waals surface area contributed by atoms with E-state index in [4.69, 9.17) is 27.9 Å². The zero-order valence-corrected chi connectivity index (χ0v) is 19.6. The van der Waals surface area contributed by atoms with Crippen LogP contribution in [-0.2, 0) is 27.1 Å². The van der Waals surface area contributed by atoms with Gasteiger partial charge in [-0.3, -0.25) is 4.79 Å². The predicted molar refractivity (Wildman–Crippen MR) is 123 cm³/mol. The topological polar surface area (TPSA) is 75.7 Å². The molecule has 0 bridgehead atoms. The molecule has 1 amide bonds. The summed E-state index contributed by atoms with van der Waals surface area (Å²) < 4.78 is 32.8. The fraction of sp³-hybridized carbons (Fsp3) is 0.409. The number of halogens is 2. The monoisotopic (exact) mass is 484 g/mol. The van der Waals surface area contributed by atoms with Gasteiger partial charge in [0.25, 0.3) is 0 Å².